The maximum atomic E-state index is 14.1. The zero-order valence-corrected chi connectivity index (χ0v) is 18.2. The lowest BCUT2D eigenvalue weighted by Gasteiger charge is -2.42. The minimum Gasteiger partial charge on any atom is -0.481 e. The van der Waals surface area contributed by atoms with Gasteiger partial charge in [0.2, 0.25) is 0 Å². The maximum absolute atomic E-state index is 14.1. The van der Waals surface area contributed by atoms with Gasteiger partial charge < -0.3 is 14.3 Å². The van der Waals surface area contributed by atoms with Crippen LogP contribution in [0.5, 0.6) is 0 Å². The summed E-state index contributed by atoms with van der Waals surface area (Å²) in [6, 6.07) is 20.3. The third-order valence-corrected chi connectivity index (χ3v) is 9.73. The van der Waals surface area contributed by atoms with E-state index in [1.54, 1.807) is 0 Å². The maximum Gasteiger partial charge on any atom is 0.305 e. The molecule has 0 aliphatic heterocycles. The number of carbonyl (C=O) groups is 1. The summed E-state index contributed by atoms with van der Waals surface area (Å²) in [4.78, 5) is 10.5. The number of carboxylic acids is 1. The quantitative estimate of drug-likeness (QED) is 0.471. The van der Waals surface area contributed by atoms with E-state index in [-0.39, 0.29) is 31.3 Å². The second-order valence-corrected chi connectivity index (χ2v) is 12.1. The molecule has 2 aromatic carbocycles. The predicted molar refractivity (Wildman–Crippen MR) is 116 cm³/mol. The molecule has 2 aromatic rings. The first-order valence-corrected chi connectivity index (χ1v) is 11.6. The van der Waals surface area contributed by atoms with Gasteiger partial charge in [-0.1, -0.05) is 81.4 Å². The fraction of sp³-hybridized carbons (Fsp3) is 0.348. The molecule has 0 radical (unpaired) electrons. The van der Waals surface area contributed by atoms with Crippen LogP contribution in [0.15, 0.2) is 72.6 Å². The highest BCUT2D eigenvalue weighted by atomic mass is 28.4. The number of benzene rings is 2. The van der Waals surface area contributed by atoms with E-state index in [0.717, 1.165) is 10.4 Å². The first-order chi connectivity index (χ1) is 13.8. The van der Waals surface area contributed by atoms with Crippen molar-refractivity contribution in [3.63, 3.8) is 0 Å². The second-order valence-electron chi connectivity index (χ2n) is 7.82. The van der Waals surface area contributed by atoms with Crippen molar-refractivity contribution < 1.29 is 23.5 Å². The lowest BCUT2D eigenvalue weighted by Crippen LogP contribution is -2.66. The van der Waals surface area contributed by atoms with E-state index < -0.39 is 20.1 Å². The van der Waals surface area contributed by atoms with Crippen LogP contribution < -0.4 is 10.4 Å². The summed E-state index contributed by atoms with van der Waals surface area (Å²) in [5.74, 6) is -1.43. The third-order valence-electron chi connectivity index (χ3n) is 4.72. The molecule has 0 aliphatic rings. The van der Waals surface area contributed by atoms with Crippen molar-refractivity contribution in [3.05, 3.63) is 72.6 Å². The zero-order chi connectivity index (χ0) is 21.3. The SMILES string of the molecule is CC(C)(C)[Si](OCC=C(F)COCCC(=O)O)(c1ccccc1)c1ccccc1. The van der Waals surface area contributed by atoms with Gasteiger partial charge >= 0.3 is 5.97 Å². The molecule has 0 bridgehead atoms. The van der Waals surface area contributed by atoms with E-state index >= 15 is 0 Å². The van der Waals surface area contributed by atoms with Crippen molar-refractivity contribution in [2.24, 2.45) is 0 Å². The Labute approximate surface area is 173 Å². The van der Waals surface area contributed by atoms with Gasteiger partial charge in [0, 0.05) is 0 Å². The van der Waals surface area contributed by atoms with E-state index in [4.69, 9.17) is 14.3 Å². The lowest BCUT2D eigenvalue weighted by atomic mass is 10.2. The number of carboxylic acid groups (broad SMARTS) is 1. The predicted octanol–water partition coefficient (Wildman–Crippen LogP) is 3.91. The number of rotatable bonds is 10. The van der Waals surface area contributed by atoms with E-state index in [2.05, 4.69) is 45.0 Å². The van der Waals surface area contributed by atoms with Crippen molar-refractivity contribution in [3.8, 4) is 0 Å². The highest BCUT2D eigenvalue weighted by Gasteiger charge is 2.49. The minimum atomic E-state index is -2.70. The molecule has 2 rings (SSSR count). The third kappa shape index (κ3) is 6.10. The van der Waals surface area contributed by atoms with Crippen molar-refractivity contribution in [1.29, 1.82) is 0 Å². The van der Waals surface area contributed by atoms with Crippen LogP contribution in [-0.4, -0.2) is 39.2 Å². The molecule has 1 N–H and O–H groups in total. The van der Waals surface area contributed by atoms with Crippen LogP contribution in [0.4, 0.5) is 4.39 Å². The normalized spacial score (nSPS) is 12.8. The van der Waals surface area contributed by atoms with Crippen LogP contribution >= 0.6 is 0 Å². The zero-order valence-electron chi connectivity index (χ0n) is 17.2. The molecule has 0 unspecified atom stereocenters. The van der Waals surface area contributed by atoms with Gasteiger partial charge in [-0.15, -0.1) is 0 Å². The molecular formula is C23H29FO4Si. The summed E-state index contributed by atoms with van der Waals surface area (Å²) in [5.41, 5.74) is 0. The topological polar surface area (TPSA) is 55.8 Å². The average Bonchev–Trinajstić information content (AvgIpc) is 2.69. The van der Waals surface area contributed by atoms with Crippen LogP contribution in [0.25, 0.3) is 0 Å². The van der Waals surface area contributed by atoms with Crippen molar-refractivity contribution >= 4 is 24.7 Å². The second kappa shape index (κ2) is 10.5. The molecule has 0 saturated carbocycles. The molecule has 4 nitrogen and oxygen atoms in total. The molecule has 0 spiro atoms. The van der Waals surface area contributed by atoms with Crippen LogP contribution in [0.1, 0.15) is 27.2 Å². The molecular weight excluding hydrogens is 387 g/mol. The first-order valence-electron chi connectivity index (χ1n) is 9.66. The summed E-state index contributed by atoms with van der Waals surface area (Å²) < 4.78 is 25.7. The van der Waals surface area contributed by atoms with E-state index in [1.807, 2.05) is 36.4 Å². The van der Waals surface area contributed by atoms with Gasteiger partial charge in [0.1, 0.15) is 5.83 Å². The Kier molecular flexibility index (Phi) is 8.31. The van der Waals surface area contributed by atoms with Crippen molar-refractivity contribution in [2.75, 3.05) is 19.8 Å². The standard InChI is InChI=1S/C23H29FO4Si/c1-23(2,3)29(20-10-6-4-7-11-20,21-12-8-5-9-13-21)28-17-14-19(24)18-27-16-15-22(25)26/h4-14H,15-18H2,1-3H3,(H,25,26). The summed E-state index contributed by atoms with van der Waals surface area (Å²) in [6.45, 7) is 6.32. The molecule has 0 aliphatic carbocycles. The molecule has 0 saturated heterocycles. The molecule has 6 heteroatoms. The minimum absolute atomic E-state index is 0.0217. The summed E-state index contributed by atoms with van der Waals surface area (Å²) in [5, 5.41) is 10.7. The largest absolute Gasteiger partial charge is 0.481 e. The van der Waals surface area contributed by atoms with Crippen LogP contribution in [0, 0.1) is 0 Å². The summed E-state index contributed by atoms with van der Waals surface area (Å²) in [6.07, 6.45) is 1.23. The van der Waals surface area contributed by atoms with E-state index in [1.165, 1.54) is 6.08 Å². The van der Waals surface area contributed by atoms with Crippen molar-refractivity contribution in [2.45, 2.75) is 32.2 Å². The van der Waals surface area contributed by atoms with E-state index in [9.17, 15) is 9.18 Å². The van der Waals surface area contributed by atoms with Gasteiger partial charge in [-0.3, -0.25) is 4.79 Å². The molecule has 0 atom stereocenters. The fourth-order valence-corrected chi connectivity index (χ4v) is 7.90. The lowest BCUT2D eigenvalue weighted by molar-refractivity contribution is -0.138. The van der Waals surface area contributed by atoms with Gasteiger partial charge in [-0.05, 0) is 21.5 Å². The number of ether oxygens (including phenoxy) is 1. The van der Waals surface area contributed by atoms with Crippen LogP contribution in [0.2, 0.25) is 5.04 Å². The molecule has 156 valence electrons. The Bertz CT molecular complexity index is 761. The van der Waals surface area contributed by atoms with Gasteiger partial charge in [-0.25, -0.2) is 4.39 Å². The highest BCUT2D eigenvalue weighted by Crippen LogP contribution is 2.36. The van der Waals surface area contributed by atoms with Gasteiger partial charge in [-0.2, -0.15) is 0 Å². The van der Waals surface area contributed by atoms with Gasteiger partial charge in [0.25, 0.3) is 8.32 Å². The van der Waals surface area contributed by atoms with Crippen LogP contribution in [-0.2, 0) is 14.0 Å². The Hall–Kier alpha value is -2.28. The average molecular weight is 417 g/mol. The highest BCUT2D eigenvalue weighted by molar-refractivity contribution is 6.99. The Morgan fingerprint density at radius 1 is 1.03 bits per heavy atom. The van der Waals surface area contributed by atoms with Crippen LogP contribution in [0.3, 0.4) is 0 Å². The molecule has 0 amide bonds. The Morgan fingerprint density at radius 3 is 2.00 bits per heavy atom. The molecule has 0 heterocycles. The number of halogens is 1. The first kappa shape index (κ1) is 23.0. The Balaban J connectivity index is 2.25. The van der Waals surface area contributed by atoms with Gasteiger partial charge in [0.15, 0.2) is 0 Å². The fourth-order valence-electron chi connectivity index (χ4n) is 3.41. The van der Waals surface area contributed by atoms with Gasteiger partial charge in [0.05, 0.1) is 26.2 Å². The molecule has 0 fully saturated rings. The monoisotopic (exact) mass is 416 g/mol. The smallest absolute Gasteiger partial charge is 0.305 e. The van der Waals surface area contributed by atoms with E-state index in [0.29, 0.717) is 0 Å². The summed E-state index contributed by atoms with van der Waals surface area (Å²) >= 11 is 0. The number of aliphatic carboxylic acids is 1. The Morgan fingerprint density at radius 2 is 1.55 bits per heavy atom. The van der Waals surface area contributed by atoms with Crippen molar-refractivity contribution in [1.82, 2.24) is 0 Å². The molecule has 0 aromatic heterocycles. The number of hydrogen-bond acceptors (Lipinski definition) is 3. The molecule has 29 heavy (non-hydrogen) atoms. The number of hydrogen-bond donors (Lipinski definition) is 1. The summed E-state index contributed by atoms with van der Waals surface area (Å²) in [7, 11) is -2.70.